The van der Waals surface area contributed by atoms with Gasteiger partial charge in [-0.05, 0) is 57.4 Å². The number of nitrogens with zero attached hydrogens (tertiary/aromatic N) is 2. The van der Waals surface area contributed by atoms with Crippen molar-refractivity contribution in [3.8, 4) is 0 Å². The molecule has 0 aromatic carbocycles. The fourth-order valence-corrected chi connectivity index (χ4v) is 6.22. The van der Waals surface area contributed by atoms with E-state index in [9.17, 15) is 9.59 Å². The lowest BCUT2D eigenvalue weighted by Gasteiger charge is -2.16. The zero-order valence-corrected chi connectivity index (χ0v) is 17.4. The van der Waals surface area contributed by atoms with Gasteiger partial charge in [-0.2, -0.15) is 0 Å². The molecule has 0 bridgehead atoms. The number of Topliss-reactive ketones (excluding diaryl/α,β-unsaturated/α-hetero) is 1. The van der Waals surface area contributed by atoms with Crippen molar-refractivity contribution in [3.63, 3.8) is 0 Å². The molecule has 27 heavy (non-hydrogen) atoms. The Morgan fingerprint density at radius 1 is 1.33 bits per heavy atom. The van der Waals surface area contributed by atoms with Crippen LogP contribution in [0.3, 0.4) is 0 Å². The van der Waals surface area contributed by atoms with Gasteiger partial charge in [-0.25, -0.2) is 4.98 Å². The normalized spacial score (nSPS) is 19.5. The van der Waals surface area contributed by atoms with Crippen LogP contribution in [0.4, 0.5) is 0 Å². The molecule has 146 valence electrons. The zero-order valence-electron chi connectivity index (χ0n) is 15.8. The molecular formula is C20H26N2O3S2. The molecule has 1 fully saturated rings. The molecule has 2 aromatic rings. The standard InChI is InChI=1S/C20H26N2O3S2/c1-13(23)6-5-11-26-20-21-18-17(15-8-2-3-9-16(15)27-18)19(24)22(20)12-14-7-4-10-25-14/h14H,2-12H2,1H3. The number of carbonyl (C=O) groups excluding carboxylic acids is 1. The maximum absolute atomic E-state index is 13.4. The van der Waals surface area contributed by atoms with Crippen LogP contribution >= 0.6 is 23.1 Å². The van der Waals surface area contributed by atoms with E-state index in [2.05, 4.69) is 0 Å². The third kappa shape index (κ3) is 4.15. The van der Waals surface area contributed by atoms with Gasteiger partial charge in [0.05, 0.1) is 18.0 Å². The van der Waals surface area contributed by atoms with Crippen LogP contribution in [-0.2, 0) is 28.9 Å². The summed E-state index contributed by atoms with van der Waals surface area (Å²) < 4.78 is 7.64. The quantitative estimate of drug-likeness (QED) is 0.395. The van der Waals surface area contributed by atoms with Gasteiger partial charge in [0.25, 0.3) is 5.56 Å². The van der Waals surface area contributed by atoms with Crippen molar-refractivity contribution in [1.82, 2.24) is 9.55 Å². The summed E-state index contributed by atoms with van der Waals surface area (Å²) in [6.07, 6.45) is 7.99. The topological polar surface area (TPSA) is 61.2 Å². The van der Waals surface area contributed by atoms with E-state index in [1.165, 1.54) is 16.9 Å². The van der Waals surface area contributed by atoms with E-state index in [0.717, 1.165) is 66.3 Å². The van der Waals surface area contributed by atoms with Gasteiger partial charge in [0, 0.05) is 23.7 Å². The summed E-state index contributed by atoms with van der Waals surface area (Å²) in [7, 11) is 0. The van der Waals surface area contributed by atoms with Crippen LogP contribution in [0.15, 0.2) is 9.95 Å². The Morgan fingerprint density at radius 3 is 2.96 bits per heavy atom. The van der Waals surface area contributed by atoms with E-state index in [0.29, 0.717) is 13.0 Å². The monoisotopic (exact) mass is 406 g/mol. The van der Waals surface area contributed by atoms with Gasteiger partial charge < -0.3 is 9.53 Å². The van der Waals surface area contributed by atoms with Crippen molar-refractivity contribution in [2.75, 3.05) is 12.4 Å². The fourth-order valence-electron chi connectivity index (χ4n) is 3.97. The number of aromatic nitrogens is 2. The number of ether oxygens (including phenoxy) is 1. The van der Waals surface area contributed by atoms with Crippen LogP contribution < -0.4 is 5.56 Å². The highest BCUT2D eigenvalue weighted by Crippen LogP contribution is 2.35. The predicted octanol–water partition coefficient (Wildman–Crippen LogP) is 3.98. The molecule has 0 radical (unpaired) electrons. The number of hydrogen-bond acceptors (Lipinski definition) is 6. The van der Waals surface area contributed by atoms with Crippen LogP contribution in [0.1, 0.15) is 55.9 Å². The average Bonchev–Trinajstić information content (AvgIpc) is 3.28. The van der Waals surface area contributed by atoms with E-state index < -0.39 is 0 Å². The number of thiophene rings is 1. The van der Waals surface area contributed by atoms with Crippen LogP contribution in [-0.4, -0.2) is 33.8 Å². The highest BCUT2D eigenvalue weighted by molar-refractivity contribution is 7.99. The second-order valence-electron chi connectivity index (χ2n) is 7.49. The largest absolute Gasteiger partial charge is 0.376 e. The molecule has 2 aromatic heterocycles. The molecule has 7 heteroatoms. The molecule has 1 aliphatic carbocycles. The Hall–Kier alpha value is -1.18. The second kappa shape index (κ2) is 8.45. The van der Waals surface area contributed by atoms with Crippen LogP contribution in [0.25, 0.3) is 10.2 Å². The number of thioether (sulfide) groups is 1. The van der Waals surface area contributed by atoms with Gasteiger partial charge in [-0.1, -0.05) is 11.8 Å². The average molecular weight is 407 g/mol. The molecule has 2 aliphatic rings. The Balaban J connectivity index is 1.69. The van der Waals surface area contributed by atoms with Crippen molar-refractivity contribution in [1.29, 1.82) is 0 Å². The first-order chi connectivity index (χ1) is 13.1. The molecule has 1 aliphatic heterocycles. The molecule has 5 nitrogen and oxygen atoms in total. The second-order valence-corrected chi connectivity index (χ2v) is 9.64. The molecule has 1 saturated heterocycles. The third-order valence-electron chi connectivity index (χ3n) is 5.35. The zero-order chi connectivity index (χ0) is 18.8. The Labute approximate surface area is 167 Å². The van der Waals surface area contributed by atoms with Crippen molar-refractivity contribution in [3.05, 3.63) is 20.8 Å². The van der Waals surface area contributed by atoms with Gasteiger partial charge in [0.2, 0.25) is 0 Å². The van der Waals surface area contributed by atoms with Gasteiger partial charge in [-0.15, -0.1) is 11.3 Å². The summed E-state index contributed by atoms with van der Waals surface area (Å²) in [5.41, 5.74) is 1.34. The van der Waals surface area contributed by atoms with Crippen molar-refractivity contribution >= 4 is 39.1 Å². The van der Waals surface area contributed by atoms with E-state index in [1.54, 1.807) is 30.0 Å². The Kier molecular flexibility index (Phi) is 5.99. The lowest BCUT2D eigenvalue weighted by molar-refractivity contribution is -0.117. The minimum atomic E-state index is 0.101. The molecule has 1 atom stereocenters. The molecule has 0 N–H and O–H groups in total. The van der Waals surface area contributed by atoms with E-state index in [-0.39, 0.29) is 17.4 Å². The summed E-state index contributed by atoms with van der Waals surface area (Å²) in [5.74, 6) is 1.01. The Morgan fingerprint density at radius 2 is 2.19 bits per heavy atom. The molecule has 0 spiro atoms. The predicted molar refractivity (Wildman–Crippen MR) is 110 cm³/mol. The molecule has 0 amide bonds. The highest BCUT2D eigenvalue weighted by atomic mass is 32.2. The molecule has 3 heterocycles. The summed E-state index contributed by atoms with van der Waals surface area (Å²) in [6.45, 7) is 2.99. The summed E-state index contributed by atoms with van der Waals surface area (Å²) in [6, 6.07) is 0. The maximum atomic E-state index is 13.4. The van der Waals surface area contributed by atoms with Crippen molar-refractivity contribution in [2.45, 2.75) is 76.1 Å². The first-order valence-electron chi connectivity index (χ1n) is 9.92. The van der Waals surface area contributed by atoms with Crippen LogP contribution in [0.5, 0.6) is 0 Å². The number of fused-ring (bicyclic) bond motifs is 3. The fraction of sp³-hybridized carbons (Fsp3) is 0.650. The molecule has 4 rings (SSSR count). The first kappa shape index (κ1) is 19.2. The third-order valence-corrected chi connectivity index (χ3v) is 7.60. The lowest BCUT2D eigenvalue weighted by atomic mass is 9.97. The van der Waals surface area contributed by atoms with E-state index in [1.807, 2.05) is 4.57 Å². The number of ketones is 1. The minimum Gasteiger partial charge on any atom is -0.376 e. The highest BCUT2D eigenvalue weighted by Gasteiger charge is 2.24. The van der Waals surface area contributed by atoms with E-state index >= 15 is 0 Å². The van der Waals surface area contributed by atoms with Crippen molar-refractivity contribution < 1.29 is 9.53 Å². The van der Waals surface area contributed by atoms with Gasteiger partial charge >= 0.3 is 0 Å². The SMILES string of the molecule is CC(=O)CCCSc1nc2sc3c(c2c(=O)n1CC1CCCO1)CCCC3. The van der Waals surface area contributed by atoms with Crippen LogP contribution in [0.2, 0.25) is 0 Å². The van der Waals surface area contributed by atoms with Gasteiger partial charge in [-0.3, -0.25) is 9.36 Å². The Bertz CT molecular complexity index is 897. The maximum Gasteiger partial charge on any atom is 0.263 e. The van der Waals surface area contributed by atoms with Gasteiger partial charge in [0.15, 0.2) is 5.16 Å². The smallest absolute Gasteiger partial charge is 0.263 e. The number of hydrogen-bond donors (Lipinski definition) is 0. The summed E-state index contributed by atoms with van der Waals surface area (Å²) >= 11 is 3.30. The van der Waals surface area contributed by atoms with Crippen molar-refractivity contribution in [2.24, 2.45) is 0 Å². The van der Waals surface area contributed by atoms with Crippen LogP contribution in [0, 0.1) is 0 Å². The number of aryl methyl sites for hydroxylation is 2. The molecule has 0 saturated carbocycles. The number of rotatable bonds is 7. The van der Waals surface area contributed by atoms with Gasteiger partial charge in [0.1, 0.15) is 10.6 Å². The summed E-state index contributed by atoms with van der Waals surface area (Å²) in [4.78, 5) is 31.8. The molecule has 1 unspecified atom stereocenters. The summed E-state index contributed by atoms with van der Waals surface area (Å²) in [5, 5.41) is 1.63. The first-order valence-corrected chi connectivity index (χ1v) is 11.7. The van der Waals surface area contributed by atoms with E-state index in [4.69, 9.17) is 9.72 Å². The minimum absolute atomic E-state index is 0.101. The lowest BCUT2D eigenvalue weighted by Crippen LogP contribution is -2.29. The number of carbonyl (C=O) groups is 1. The molecular weight excluding hydrogens is 380 g/mol.